The van der Waals surface area contributed by atoms with E-state index in [1.165, 1.54) is 0 Å². The molecular formula is C14H17N5O. The predicted molar refractivity (Wildman–Crippen MR) is 75.5 cm³/mol. The summed E-state index contributed by atoms with van der Waals surface area (Å²) in [4.78, 5) is 21.7. The fourth-order valence-corrected chi connectivity index (χ4v) is 2.74. The quantitative estimate of drug-likeness (QED) is 0.910. The van der Waals surface area contributed by atoms with Crippen LogP contribution in [0.15, 0.2) is 37.2 Å². The molecule has 0 unspecified atom stereocenters. The molecule has 1 aliphatic heterocycles. The number of nitrogens with two attached hydrogens (primary N) is 1. The molecule has 0 bridgehead atoms. The van der Waals surface area contributed by atoms with Crippen LogP contribution in [-0.4, -0.2) is 33.5 Å². The molecule has 0 atom stereocenters. The standard InChI is InChI=1S/C14H17N5O/c15-14(20)12-9-16-4-1-13(12)18-6-2-11(3-7-18)19-8-5-17-10-19/h1,4-5,8-11H,2-3,6-7H2,(H2,15,20). The Morgan fingerprint density at radius 3 is 2.70 bits per heavy atom. The molecule has 3 rings (SSSR count). The van der Waals surface area contributed by atoms with Crippen LogP contribution in [0.1, 0.15) is 29.2 Å². The van der Waals surface area contributed by atoms with Gasteiger partial charge in [-0.25, -0.2) is 4.98 Å². The van der Waals surface area contributed by atoms with Gasteiger partial charge < -0.3 is 15.2 Å². The summed E-state index contributed by atoms with van der Waals surface area (Å²) in [5, 5.41) is 0. The van der Waals surface area contributed by atoms with E-state index in [2.05, 4.69) is 19.4 Å². The number of anilines is 1. The lowest BCUT2D eigenvalue weighted by molar-refractivity contribution is 0.100. The summed E-state index contributed by atoms with van der Waals surface area (Å²) in [5.41, 5.74) is 6.79. The second-order valence-electron chi connectivity index (χ2n) is 4.99. The summed E-state index contributed by atoms with van der Waals surface area (Å²) in [6.07, 6.45) is 11.0. The highest BCUT2D eigenvalue weighted by Crippen LogP contribution is 2.27. The van der Waals surface area contributed by atoms with Crippen LogP contribution in [0.3, 0.4) is 0 Å². The van der Waals surface area contributed by atoms with E-state index in [0.717, 1.165) is 31.6 Å². The number of rotatable bonds is 3. The number of primary amides is 1. The summed E-state index contributed by atoms with van der Waals surface area (Å²) in [5.74, 6) is -0.426. The van der Waals surface area contributed by atoms with E-state index >= 15 is 0 Å². The van der Waals surface area contributed by atoms with E-state index in [9.17, 15) is 4.79 Å². The van der Waals surface area contributed by atoms with Crippen molar-refractivity contribution in [1.29, 1.82) is 0 Å². The van der Waals surface area contributed by atoms with Gasteiger partial charge in [0.25, 0.3) is 5.91 Å². The second kappa shape index (κ2) is 5.32. The SMILES string of the molecule is NC(=O)c1cnccc1N1CCC(n2ccnc2)CC1. The monoisotopic (exact) mass is 271 g/mol. The van der Waals surface area contributed by atoms with Crippen LogP contribution in [0.2, 0.25) is 0 Å². The smallest absolute Gasteiger partial charge is 0.252 e. The molecule has 2 aromatic rings. The van der Waals surface area contributed by atoms with E-state index in [0.29, 0.717) is 11.6 Å². The van der Waals surface area contributed by atoms with Gasteiger partial charge in [-0.15, -0.1) is 0 Å². The minimum Gasteiger partial charge on any atom is -0.371 e. The highest BCUT2D eigenvalue weighted by molar-refractivity contribution is 5.98. The first-order valence-corrected chi connectivity index (χ1v) is 6.72. The molecular weight excluding hydrogens is 254 g/mol. The first-order chi connectivity index (χ1) is 9.75. The number of piperidine rings is 1. The van der Waals surface area contributed by atoms with Gasteiger partial charge in [-0.3, -0.25) is 9.78 Å². The average molecular weight is 271 g/mol. The third-order valence-electron chi connectivity index (χ3n) is 3.82. The molecule has 6 nitrogen and oxygen atoms in total. The summed E-state index contributed by atoms with van der Waals surface area (Å²) in [7, 11) is 0. The van der Waals surface area contributed by atoms with Crippen LogP contribution in [0, 0.1) is 0 Å². The van der Waals surface area contributed by atoms with Crippen molar-refractivity contribution < 1.29 is 4.79 Å². The zero-order valence-electron chi connectivity index (χ0n) is 11.1. The van der Waals surface area contributed by atoms with E-state index < -0.39 is 5.91 Å². The van der Waals surface area contributed by atoms with Gasteiger partial charge in [-0.05, 0) is 18.9 Å². The van der Waals surface area contributed by atoms with Gasteiger partial charge in [0.2, 0.25) is 0 Å². The molecule has 1 amide bonds. The van der Waals surface area contributed by atoms with Gasteiger partial charge in [-0.1, -0.05) is 0 Å². The number of amides is 1. The van der Waals surface area contributed by atoms with Crippen LogP contribution in [0.4, 0.5) is 5.69 Å². The van der Waals surface area contributed by atoms with Crippen molar-refractivity contribution in [2.75, 3.05) is 18.0 Å². The largest absolute Gasteiger partial charge is 0.371 e. The molecule has 6 heteroatoms. The third-order valence-corrected chi connectivity index (χ3v) is 3.82. The van der Waals surface area contributed by atoms with Crippen molar-refractivity contribution in [3.05, 3.63) is 42.7 Å². The van der Waals surface area contributed by atoms with E-state index in [-0.39, 0.29) is 0 Å². The van der Waals surface area contributed by atoms with Gasteiger partial charge in [0.05, 0.1) is 17.6 Å². The van der Waals surface area contributed by atoms with Crippen molar-refractivity contribution in [1.82, 2.24) is 14.5 Å². The van der Waals surface area contributed by atoms with Crippen molar-refractivity contribution in [2.24, 2.45) is 5.73 Å². The second-order valence-corrected chi connectivity index (χ2v) is 4.99. The highest BCUT2D eigenvalue weighted by Gasteiger charge is 2.22. The molecule has 3 heterocycles. The maximum Gasteiger partial charge on any atom is 0.252 e. The Bertz CT molecular complexity index is 587. The summed E-state index contributed by atoms with van der Waals surface area (Å²) >= 11 is 0. The van der Waals surface area contributed by atoms with Crippen LogP contribution < -0.4 is 10.6 Å². The zero-order valence-corrected chi connectivity index (χ0v) is 11.1. The number of nitrogens with zero attached hydrogens (tertiary/aromatic N) is 4. The Kier molecular flexibility index (Phi) is 3.37. The van der Waals surface area contributed by atoms with Crippen molar-refractivity contribution >= 4 is 11.6 Å². The Balaban J connectivity index is 1.74. The van der Waals surface area contributed by atoms with Crippen LogP contribution in [0.5, 0.6) is 0 Å². The van der Waals surface area contributed by atoms with Crippen molar-refractivity contribution in [3.63, 3.8) is 0 Å². The van der Waals surface area contributed by atoms with Crippen LogP contribution in [-0.2, 0) is 0 Å². The van der Waals surface area contributed by atoms with E-state index in [1.54, 1.807) is 18.6 Å². The van der Waals surface area contributed by atoms with Crippen molar-refractivity contribution in [3.8, 4) is 0 Å². The maximum atomic E-state index is 11.5. The average Bonchev–Trinajstić information content (AvgIpc) is 3.02. The predicted octanol–water partition coefficient (Wildman–Crippen LogP) is 1.22. The number of imidazole rings is 1. The number of aromatic nitrogens is 3. The topological polar surface area (TPSA) is 77.0 Å². The Morgan fingerprint density at radius 1 is 1.25 bits per heavy atom. The summed E-state index contributed by atoms with van der Waals surface area (Å²) in [6.45, 7) is 1.79. The summed E-state index contributed by atoms with van der Waals surface area (Å²) in [6, 6.07) is 2.34. The lowest BCUT2D eigenvalue weighted by Crippen LogP contribution is -2.35. The molecule has 0 spiro atoms. The summed E-state index contributed by atoms with van der Waals surface area (Å²) < 4.78 is 2.15. The molecule has 1 fully saturated rings. The Hall–Kier alpha value is -2.37. The number of pyridine rings is 1. The molecule has 0 aliphatic carbocycles. The molecule has 1 saturated heterocycles. The van der Waals surface area contributed by atoms with E-state index in [1.807, 2.05) is 18.6 Å². The Morgan fingerprint density at radius 2 is 2.05 bits per heavy atom. The lowest BCUT2D eigenvalue weighted by atomic mass is 10.0. The van der Waals surface area contributed by atoms with Crippen molar-refractivity contribution in [2.45, 2.75) is 18.9 Å². The zero-order chi connectivity index (χ0) is 13.9. The first-order valence-electron chi connectivity index (χ1n) is 6.72. The molecule has 104 valence electrons. The maximum absolute atomic E-state index is 11.5. The van der Waals surface area contributed by atoms with Gasteiger partial charge in [0.1, 0.15) is 0 Å². The molecule has 2 aromatic heterocycles. The minimum atomic E-state index is -0.426. The van der Waals surface area contributed by atoms with Crippen LogP contribution >= 0.6 is 0 Å². The number of carbonyl (C=O) groups excluding carboxylic acids is 1. The van der Waals surface area contributed by atoms with Crippen LogP contribution in [0.25, 0.3) is 0 Å². The molecule has 20 heavy (non-hydrogen) atoms. The van der Waals surface area contributed by atoms with Gasteiger partial charge >= 0.3 is 0 Å². The molecule has 1 aliphatic rings. The minimum absolute atomic E-state index is 0.426. The van der Waals surface area contributed by atoms with Gasteiger partial charge in [-0.2, -0.15) is 0 Å². The fraction of sp³-hybridized carbons (Fsp3) is 0.357. The lowest BCUT2D eigenvalue weighted by Gasteiger charge is -2.34. The molecule has 0 saturated carbocycles. The molecule has 2 N–H and O–H groups in total. The fourth-order valence-electron chi connectivity index (χ4n) is 2.74. The number of hydrogen-bond acceptors (Lipinski definition) is 4. The number of hydrogen-bond donors (Lipinski definition) is 1. The third kappa shape index (κ3) is 2.36. The molecule has 0 radical (unpaired) electrons. The first kappa shape index (κ1) is 12.7. The number of carbonyl (C=O) groups is 1. The van der Waals surface area contributed by atoms with E-state index in [4.69, 9.17) is 5.73 Å². The van der Waals surface area contributed by atoms with Gasteiger partial charge in [0.15, 0.2) is 0 Å². The highest BCUT2D eigenvalue weighted by atomic mass is 16.1. The normalized spacial score (nSPS) is 16.3. The molecule has 0 aromatic carbocycles. The Labute approximate surface area is 117 Å². The van der Waals surface area contributed by atoms with Gasteiger partial charge in [0, 0.05) is 43.9 Å².